The molecule has 0 radical (unpaired) electrons. The molecule has 4 rings (SSSR count). The highest BCUT2D eigenvalue weighted by molar-refractivity contribution is 6.05. The summed E-state index contributed by atoms with van der Waals surface area (Å²) in [6.45, 7) is 5.21. The molecule has 0 unspecified atom stereocenters. The van der Waals surface area contributed by atoms with E-state index in [2.05, 4.69) is 24.5 Å². The second-order valence-corrected chi connectivity index (χ2v) is 9.82. The van der Waals surface area contributed by atoms with Gasteiger partial charge in [-0.05, 0) is 48.6 Å². The third-order valence-corrected chi connectivity index (χ3v) is 6.34. The van der Waals surface area contributed by atoms with Crippen LogP contribution in [-0.4, -0.2) is 66.1 Å². The minimum Gasteiger partial charge on any atom is -0.489 e. The van der Waals surface area contributed by atoms with Gasteiger partial charge in [0.1, 0.15) is 24.9 Å². The molecule has 0 aliphatic carbocycles. The Bertz CT molecular complexity index is 1180. The van der Waals surface area contributed by atoms with Crippen molar-refractivity contribution in [2.75, 3.05) is 36.5 Å². The Balaban J connectivity index is 1.50. The molecule has 2 aromatic carbocycles. The Labute approximate surface area is 209 Å². The van der Waals surface area contributed by atoms with Gasteiger partial charge in [0.25, 0.3) is 5.91 Å². The van der Waals surface area contributed by atoms with Crippen LogP contribution in [0.15, 0.2) is 48.5 Å². The number of piperidine rings is 1. The molecule has 1 fully saturated rings. The van der Waals surface area contributed by atoms with Crippen molar-refractivity contribution in [1.82, 2.24) is 10.2 Å². The third kappa shape index (κ3) is 5.76. The summed E-state index contributed by atoms with van der Waals surface area (Å²) < 4.78 is 5.82. The van der Waals surface area contributed by atoms with E-state index in [1.807, 2.05) is 0 Å². The minimum atomic E-state index is -1.12. The van der Waals surface area contributed by atoms with Crippen molar-refractivity contribution < 1.29 is 29.0 Å². The zero-order valence-electron chi connectivity index (χ0n) is 20.3. The number of para-hydroxylation sites is 2. The van der Waals surface area contributed by atoms with E-state index in [-0.39, 0.29) is 35.7 Å². The van der Waals surface area contributed by atoms with Gasteiger partial charge >= 0.3 is 12.0 Å². The molecule has 0 aromatic heterocycles. The number of hydrogen-bond donors (Lipinski definition) is 3. The highest BCUT2D eigenvalue weighted by Crippen LogP contribution is 2.32. The Kier molecular flexibility index (Phi) is 7.14. The number of rotatable bonds is 5. The molecule has 190 valence electrons. The van der Waals surface area contributed by atoms with Crippen LogP contribution in [0, 0.1) is 5.41 Å². The van der Waals surface area contributed by atoms with Crippen LogP contribution in [0.25, 0.3) is 0 Å². The smallest absolute Gasteiger partial charge is 0.335 e. The zero-order valence-corrected chi connectivity index (χ0v) is 20.3. The first-order valence-electron chi connectivity index (χ1n) is 11.8. The summed E-state index contributed by atoms with van der Waals surface area (Å²) in [5, 5.41) is 14.3. The number of hydrogen-bond acceptors (Lipinski definition) is 5. The first kappa shape index (κ1) is 25.0. The zero-order chi connectivity index (χ0) is 25.9. The number of carbonyl (C=O) groups is 4. The van der Waals surface area contributed by atoms with Crippen LogP contribution in [0.5, 0.6) is 5.75 Å². The molecule has 36 heavy (non-hydrogen) atoms. The summed E-state index contributed by atoms with van der Waals surface area (Å²) >= 11 is 0. The van der Waals surface area contributed by atoms with Crippen molar-refractivity contribution in [3.63, 3.8) is 0 Å². The summed E-state index contributed by atoms with van der Waals surface area (Å²) in [4.78, 5) is 53.8. The fourth-order valence-electron chi connectivity index (χ4n) is 4.55. The maximum absolute atomic E-state index is 13.5. The fourth-order valence-corrected chi connectivity index (χ4v) is 4.55. The van der Waals surface area contributed by atoms with E-state index in [1.165, 1.54) is 23.1 Å². The van der Waals surface area contributed by atoms with Gasteiger partial charge < -0.3 is 25.4 Å². The number of benzene rings is 2. The predicted octanol–water partition coefficient (Wildman–Crippen LogP) is 2.95. The van der Waals surface area contributed by atoms with Gasteiger partial charge in [0.15, 0.2) is 0 Å². The van der Waals surface area contributed by atoms with Crippen molar-refractivity contribution in [2.24, 2.45) is 5.41 Å². The van der Waals surface area contributed by atoms with Crippen molar-refractivity contribution in [2.45, 2.75) is 32.7 Å². The molecule has 3 N–H and O–H groups in total. The van der Waals surface area contributed by atoms with Crippen LogP contribution in [0.3, 0.4) is 0 Å². The van der Waals surface area contributed by atoms with Gasteiger partial charge in [-0.2, -0.15) is 0 Å². The maximum atomic E-state index is 13.5. The number of carbonyl (C=O) groups excluding carboxylic acids is 3. The van der Waals surface area contributed by atoms with Crippen LogP contribution in [0.2, 0.25) is 0 Å². The molecular formula is C26H30N4O6. The number of anilines is 2. The lowest BCUT2D eigenvalue weighted by Gasteiger charge is -2.39. The van der Waals surface area contributed by atoms with E-state index in [1.54, 1.807) is 35.2 Å². The van der Waals surface area contributed by atoms with Crippen molar-refractivity contribution in [3.8, 4) is 5.75 Å². The van der Waals surface area contributed by atoms with Crippen molar-refractivity contribution >= 4 is 35.2 Å². The van der Waals surface area contributed by atoms with Gasteiger partial charge in [-0.1, -0.05) is 32.0 Å². The molecule has 0 bridgehead atoms. The highest BCUT2D eigenvalue weighted by Gasteiger charge is 2.36. The standard InChI is InChI=1S/C26H30N4O6/c1-26(2)11-6-12-29(16-26)22(31)14-30-20-9-3-4-10-21(20)36-15-19(23(30)32)28-25(35)27-18-8-5-7-17(13-18)24(33)34/h3-5,7-10,13,19H,6,11-12,14-16H2,1-2H3,(H,33,34)(H2,27,28,35)/t19-/m1/s1. The molecule has 2 aromatic rings. The van der Waals surface area contributed by atoms with Crippen LogP contribution in [0.1, 0.15) is 37.0 Å². The van der Waals surface area contributed by atoms with Crippen LogP contribution < -0.4 is 20.3 Å². The molecule has 2 aliphatic rings. The fraction of sp³-hybridized carbons (Fsp3) is 0.385. The van der Waals surface area contributed by atoms with Crippen LogP contribution in [-0.2, 0) is 9.59 Å². The van der Waals surface area contributed by atoms with Gasteiger partial charge in [0.05, 0.1) is 11.3 Å². The molecule has 2 aliphatic heterocycles. The number of nitrogens with zero attached hydrogens (tertiary/aromatic N) is 2. The average molecular weight is 495 g/mol. The van der Waals surface area contributed by atoms with Gasteiger partial charge in [0.2, 0.25) is 5.91 Å². The van der Waals surface area contributed by atoms with Crippen molar-refractivity contribution in [3.05, 3.63) is 54.1 Å². The average Bonchev–Trinajstić information content (AvgIpc) is 2.96. The second-order valence-electron chi connectivity index (χ2n) is 9.82. The van der Waals surface area contributed by atoms with Gasteiger partial charge in [-0.15, -0.1) is 0 Å². The normalized spacial score (nSPS) is 18.9. The molecule has 0 saturated carbocycles. The summed E-state index contributed by atoms with van der Waals surface area (Å²) in [5.74, 6) is -1.32. The van der Waals surface area contributed by atoms with E-state index in [0.29, 0.717) is 24.5 Å². The van der Waals surface area contributed by atoms with E-state index in [0.717, 1.165) is 12.8 Å². The lowest BCUT2D eigenvalue weighted by molar-refractivity contribution is -0.134. The molecule has 2 heterocycles. The lowest BCUT2D eigenvalue weighted by atomic mass is 9.84. The van der Waals surface area contributed by atoms with Gasteiger partial charge in [0, 0.05) is 18.8 Å². The molecule has 0 spiro atoms. The number of nitrogens with one attached hydrogen (secondary N) is 2. The summed E-state index contributed by atoms with van der Waals surface area (Å²) in [7, 11) is 0. The van der Waals surface area contributed by atoms with E-state index >= 15 is 0 Å². The van der Waals surface area contributed by atoms with Gasteiger partial charge in [-0.3, -0.25) is 14.5 Å². The first-order chi connectivity index (χ1) is 17.1. The summed E-state index contributed by atoms with van der Waals surface area (Å²) in [6.07, 6.45) is 1.94. The highest BCUT2D eigenvalue weighted by atomic mass is 16.5. The maximum Gasteiger partial charge on any atom is 0.335 e. The Hall–Kier alpha value is -4.08. The quantitative estimate of drug-likeness (QED) is 0.586. The minimum absolute atomic E-state index is 0.0118. The number of urea groups is 1. The largest absolute Gasteiger partial charge is 0.489 e. The monoisotopic (exact) mass is 494 g/mol. The molecule has 10 nitrogen and oxygen atoms in total. The Morgan fingerprint density at radius 2 is 1.92 bits per heavy atom. The Morgan fingerprint density at radius 3 is 2.67 bits per heavy atom. The number of likely N-dealkylation sites (tertiary alicyclic amines) is 1. The molecule has 1 saturated heterocycles. The number of amides is 4. The Morgan fingerprint density at radius 1 is 1.14 bits per heavy atom. The topological polar surface area (TPSA) is 128 Å². The molecule has 10 heteroatoms. The third-order valence-electron chi connectivity index (χ3n) is 6.34. The number of aromatic carboxylic acids is 1. The van der Waals surface area contributed by atoms with E-state index in [4.69, 9.17) is 9.84 Å². The first-order valence-corrected chi connectivity index (χ1v) is 11.8. The van der Waals surface area contributed by atoms with Crippen LogP contribution >= 0.6 is 0 Å². The molecular weight excluding hydrogens is 464 g/mol. The molecule has 1 atom stereocenters. The van der Waals surface area contributed by atoms with E-state index in [9.17, 15) is 19.2 Å². The van der Waals surface area contributed by atoms with Crippen LogP contribution in [0.4, 0.5) is 16.2 Å². The summed E-state index contributed by atoms with van der Waals surface area (Å²) in [5.41, 5.74) is 0.754. The second kappa shape index (κ2) is 10.3. The summed E-state index contributed by atoms with van der Waals surface area (Å²) in [6, 6.07) is 10.9. The van der Waals surface area contributed by atoms with Gasteiger partial charge in [-0.25, -0.2) is 9.59 Å². The van der Waals surface area contributed by atoms with E-state index < -0.39 is 23.9 Å². The predicted molar refractivity (Wildman–Crippen MR) is 133 cm³/mol. The number of carboxylic acids is 1. The number of carboxylic acid groups (broad SMARTS) is 1. The lowest BCUT2D eigenvalue weighted by Crippen LogP contribution is -2.54. The number of ether oxygens (including phenoxy) is 1. The number of fused-ring (bicyclic) bond motifs is 1. The molecule has 4 amide bonds. The SMILES string of the molecule is CC1(C)CCCN(C(=O)CN2C(=O)[C@H](NC(=O)Nc3cccc(C(=O)O)c3)COc3ccccc32)C1. The van der Waals surface area contributed by atoms with Crippen molar-refractivity contribution in [1.29, 1.82) is 0 Å².